The molecule has 1 aliphatic rings. The molecule has 0 saturated carbocycles. The summed E-state index contributed by atoms with van der Waals surface area (Å²) in [5.74, 6) is -0.250. The minimum atomic E-state index is -0.609. The van der Waals surface area contributed by atoms with Crippen LogP contribution < -0.4 is 10.9 Å². The Bertz CT molecular complexity index is 835. The molecule has 1 aromatic carbocycles. The number of benzene rings is 1. The number of amides is 2. The summed E-state index contributed by atoms with van der Waals surface area (Å²) < 4.78 is 5.25. The van der Waals surface area contributed by atoms with E-state index in [-0.39, 0.29) is 23.4 Å². The van der Waals surface area contributed by atoms with Gasteiger partial charge in [0.2, 0.25) is 5.91 Å². The van der Waals surface area contributed by atoms with Crippen molar-refractivity contribution in [1.82, 2.24) is 10.2 Å². The number of fused-ring (bicyclic) bond motifs is 1. The van der Waals surface area contributed by atoms with Crippen molar-refractivity contribution in [3.05, 3.63) is 46.3 Å². The summed E-state index contributed by atoms with van der Waals surface area (Å²) >= 11 is 0. The van der Waals surface area contributed by atoms with Crippen LogP contribution >= 0.6 is 0 Å². The van der Waals surface area contributed by atoms with Gasteiger partial charge >= 0.3 is 5.63 Å². The molecule has 3 rings (SSSR count). The molecular weight excluding hydrogens is 320 g/mol. The van der Waals surface area contributed by atoms with Gasteiger partial charge in [-0.1, -0.05) is 25.1 Å². The Labute approximate surface area is 145 Å². The fourth-order valence-corrected chi connectivity index (χ4v) is 3.14. The molecule has 0 atom stereocenters. The summed E-state index contributed by atoms with van der Waals surface area (Å²) in [5.41, 5.74) is -0.0735. The van der Waals surface area contributed by atoms with Crippen LogP contribution in [0.25, 0.3) is 11.0 Å². The molecule has 132 valence electrons. The van der Waals surface area contributed by atoms with Crippen LogP contribution in [0, 0.1) is 0 Å². The SMILES string of the molecule is CCCC(=O)NC1CCN(C(=O)c2cc3ccccc3oc2=O)CC1. The van der Waals surface area contributed by atoms with Crippen LogP contribution in [0.4, 0.5) is 0 Å². The highest BCUT2D eigenvalue weighted by atomic mass is 16.4. The van der Waals surface area contributed by atoms with Crippen molar-refractivity contribution in [2.24, 2.45) is 0 Å². The van der Waals surface area contributed by atoms with Crippen LogP contribution in [-0.2, 0) is 4.79 Å². The number of likely N-dealkylation sites (tertiary alicyclic amines) is 1. The third-order valence-electron chi connectivity index (χ3n) is 4.50. The topological polar surface area (TPSA) is 79.6 Å². The molecule has 1 aromatic heterocycles. The number of carbonyl (C=O) groups excluding carboxylic acids is 2. The Kier molecular flexibility index (Phi) is 5.16. The van der Waals surface area contributed by atoms with Crippen molar-refractivity contribution in [1.29, 1.82) is 0 Å². The van der Waals surface area contributed by atoms with Gasteiger partial charge in [0, 0.05) is 30.9 Å². The summed E-state index contributed by atoms with van der Waals surface area (Å²) in [6, 6.07) is 8.82. The van der Waals surface area contributed by atoms with Gasteiger partial charge in [0.05, 0.1) is 0 Å². The van der Waals surface area contributed by atoms with Crippen molar-refractivity contribution in [3.8, 4) is 0 Å². The maximum absolute atomic E-state index is 12.7. The van der Waals surface area contributed by atoms with E-state index in [9.17, 15) is 14.4 Å². The van der Waals surface area contributed by atoms with Crippen molar-refractivity contribution < 1.29 is 14.0 Å². The molecule has 1 fully saturated rings. The number of nitrogens with one attached hydrogen (secondary N) is 1. The zero-order valence-electron chi connectivity index (χ0n) is 14.3. The zero-order chi connectivity index (χ0) is 17.8. The Hall–Kier alpha value is -2.63. The Morgan fingerprint density at radius 1 is 1.24 bits per heavy atom. The van der Waals surface area contributed by atoms with Gasteiger partial charge in [0.1, 0.15) is 11.1 Å². The van der Waals surface area contributed by atoms with Crippen molar-refractivity contribution >= 4 is 22.8 Å². The highest BCUT2D eigenvalue weighted by Gasteiger charge is 2.26. The van der Waals surface area contributed by atoms with E-state index in [0.717, 1.165) is 11.8 Å². The molecule has 25 heavy (non-hydrogen) atoms. The van der Waals surface area contributed by atoms with Crippen molar-refractivity contribution in [3.63, 3.8) is 0 Å². The first-order valence-corrected chi connectivity index (χ1v) is 8.70. The quantitative estimate of drug-likeness (QED) is 0.865. The largest absolute Gasteiger partial charge is 0.422 e. The monoisotopic (exact) mass is 342 g/mol. The van der Waals surface area contributed by atoms with Crippen LogP contribution in [0.1, 0.15) is 43.0 Å². The molecule has 0 bridgehead atoms. The van der Waals surface area contributed by atoms with E-state index >= 15 is 0 Å². The maximum atomic E-state index is 12.7. The lowest BCUT2D eigenvalue weighted by molar-refractivity contribution is -0.122. The number of para-hydroxylation sites is 1. The van der Waals surface area contributed by atoms with E-state index in [1.54, 1.807) is 23.1 Å². The molecule has 6 nitrogen and oxygen atoms in total. The van der Waals surface area contributed by atoms with Gasteiger partial charge in [-0.05, 0) is 31.4 Å². The van der Waals surface area contributed by atoms with E-state index < -0.39 is 5.63 Å². The molecule has 0 spiro atoms. The van der Waals surface area contributed by atoms with Crippen molar-refractivity contribution in [2.45, 2.75) is 38.6 Å². The number of hydrogen-bond acceptors (Lipinski definition) is 4. The van der Waals surface area contributed by atoms with Gasteiger partial charge in [0.15, 0.2) is 0 Å². The molecule has 1 aliphatic heterocycles. The van der Waals surface area contributed by atoms with E-state index in [2.05, 4.69) is 5.32 Å². The third-order valence-corrected chi connectivity index (χ3v) is 4.50. The lowest BCUT2D eigenvalue weighted by Crippen LogP contribution is -2.47. The fraction of sp³-hybridized carbons (Fsp3) is 0.421. The van der Waals surface area contributed by atoms with E-state index in [4.69, 9.17) is 4.42 Å². The van der Waals surface area contributed by atoms with Gasteiger partial charge in [-0.15, -0.1) is 0 Å². The zero-order valence-corrected chi connectivity index (χ0v) is 14.3. The highest BCUT2D eigenvalue weighted by Crippen LogP contribution is 2.16. The van der Waals surface area contributed by atoms with E-state index in [1.807, 2.05) is 19.1 Å². The standard InChI is InChI=1S/C19H22N2O4/c1-2-5-17(22)20-14-8-10-21(11-9-14)18(23)15-12-13-6-3-4-7-16(13)25-19(15)24/h3-4,6-7,12,14H,2,5,8-11H2,1H3,(H,20,22). The number of hydrogen-bond donors (Lipinski definition) is 1. The fourth-order valence-electron chi connectivity index (χ4n) is 3.14. The summed E-state index contributed by atoms with van der Waals surface area (Å²) in [6.45, 7) is 3.00. The number of carbonyl (C=O) groups is 2. The summed E-state index contributed by atoms with van der Waals surface area (Å²) in [6.07, 6.45) is 2.73. The van der Waals surface area contributed by atoms with Crippen molar-refractivity contribution in [2.75, 3.05) is 13.1 Å². The molecule has 1 N–H and O–H groups in total. The lowest BCUT2D eigenvalue weighted by Gasteiger charge is -2.32. The molecule has 2 amide bonds. The number of rotatable bonds is 4. The molecule has 0 radical (unpaired) electrons. The average Bonchev–Trinajstić information content (AvgIpc) is 2.61. The summed E-state index contributed by atoms with van der Waals surface area (Å²) in [7, 11) is 0. The first-order valence-electron chi connectivity index (χ1n) is 8.70. The minimum absolute atomic E-state index is 0.0578. The minimum Gasteiger partial charge on any atom is -0.422 e. The normalized spacial score (nSPS) is 15.3. The second-order valence-electron chi connectivity index (χ2n) is 6.37. The molecule has 2 aromatic rings. The van der Waals surface area contributed by atoms with Gasteiger partial charge < -0.3 is 14.6 Å². The number of nitrogens with zero attached hydrogens (tertiary/aromatic N) is 1. The van der Waals surface area contributed by atoms with Gasteiger partial charge in [-0.25, -0.2) is 4.79 Å². The van der Waals surface area contributed by atoms with Gasteiger partial charge in [0.25, 0.3) is 5.91 Å². The van der Waals surface area contributed by atoms with Gasteiger partial charge in [-0.2, -0.15) is 0 Å². The second-order valence-corrected chi connectivity index (χ2v) is 6.37. The predicted molar refractivity (Wildman–Crippen MR) is 94.5 cm³/mol. The summed E-state index contributed by atoms with van der Waals surface area (Å²) in [4.78, 5) is 38.1. The van der Waals surface area contributed by atoms with Crippen LogP contribution in [0.15, 0.2) is 39.5 Å². The Balaban J connectivity index is 1.68. The predicted octanol–water partition coefficient (Wildman–Crippen LogP) is 2.31. The number of piperidine rings is 1. The van der Waals surface area contributed by atoms with Crippen LogP contribution in [0.3, 0.4) is 0 Å². The van der Waals surface area contributed by atoms with Crippen LogP contribution in [0.5, 0.6) is 0 Å². The molecule has 6 heteroatoms. The van der Waals surface area contributed by atoms with E-state index in [1.165, 1.54) is 0 Å². The maximum Gasteiger partial charge on any atom is 0.349 e. The second kappa shape index (κ2) is 7.51. The molecule has 2 heterocycles. The first kappa shape index (κ1) is 17.2. The van der Waals surface area contributed by atoms with Crippen LogP contribution in [-0.4, -0.2) is 35.8 Å². The third kappa shape index (κ3) is 3.90. The lowest BCUT2D eigenvalue weighted by atomic mass is 10.0. The molecule has 1 saturated heterocycles. The first-order chi connectivity index (χ1) is 12.1. The molecule has 0 unspecified atom stereocenters. The van der Waals surface area contributed by atoms with Gasteiger partial charge in [-0.3, -0.25) is 9.59 Å². The average molecular weight is 342 g/mol. The van der Waals surface area contributed by atoms with Crippen LogP contribution in [0.2, 0.25) is 0 Å². The Morgan fingerprint density at radius 2 is 1.96 bits per heavy atom. The molecule has 0 aliphatic carbocycles. The Morgan fingerprint density at radius 3 is 2.68 bits per heavy atom. The highest BCUT2D eigenvalue weighted by molar-refractivity contribution is 5.96. The smallest absolute Gasteiger partial charge is 0.349 e. The summed E-state index contributed by atoms with van der Waals surface area (Å²) in [5, 5.41) is 3.73. The van der Waals surface area contributed by atoms with E-state index in [0.29, 0.717) is 37.9 Å². The molecular formula is C19H22N2O4.